The highest BCUT2D eigenvalue weighted by molar-refractivity contribution is 9.10. The van der Waals surface area contributed by atoms with E-state index in [1.807, 2.05) is 0 Å². The molecule has 0 saturated carbocycles. The Morgan fingerprint density at radius 2 is 1.57 bits per heavy atom. The second-order valence-corrected chi connectivity index (χ2v) is 6.66. The minimum Gasteiger partial charge on any atom is -0.289 e. The Morgan fingerprint density at radius 1 is 1.04 bits per heavy atom. The third kappa shape index (κ3) is 4.28. The van der Waals surface area contributed by atoms with E-state index in [1.54, 1.807) is 0 Å². The standard InChI is InChI=1S/C11H3BrCl2F6N2S/c12-8-9(23-11(18,19)20)21-3-22(8)7-5(13)1-4(2-6(7)14)10(15,16)17/h1-3H. The fraction of sp³-hybridized carbons (Fsp3) is 0.182. The lowest BCUT2D eigenvalue weighted by Crippen LogP contribution is -2.06. The van der Waals surface area contributed by atoms with Crippen LogP contribution in [-0.2, 0) is 6.18 Å². The summed E-state index contributed by atoms with van der Waals surface area (Å²) in [6, 6.07) is 1.26. The van der Waals surface area contributed by atoms with Crippen LogP contribution in [-0.4, -0.2) is 15.1 Å². The number of alkyl halides is 6. The topological polar surface area (TPSA) is 17.8 Å². The SMILES string of the molecule is FC(F)(F)Sc1ncn(-c2c(Cl)cc(C(F)(F)F)cc2Cl)c1Br. The van der Waals surface area contributed by atoms with Gasteiger partial charge in [0, 0.05) is 11.8 Å². The summed E-state index contributed by atoms with van der Waals surface area (Å²) in [6.45, 7) is 0. The predicted molar refractivity (Wildman–Crippen MR) is 78.2 cm³/mol. The molecule has 0 aliphatic rings. The summed E-state index contributed by atoms with van der Waals surface area (Å²) in [5.74, 6) is 0. The van der Waals surface area contributed by atoms with Crippen LogP contribution in [0.2, 0.25) is 10.0 Å². The molecule has 0 saturated heterocycles. The van der Waals surface area contributed by atoms with Gasteiger partial charge in [0.25, 0.3) is 0 Å². The third-order valence-corrected chi connectivity index (χ3v) is 4.80. The van der Waals surface area contributed by atoms with E-state index in [-0.39, 0.29) is 20.3 Å². The molecule has 1 aromatic heterocycles. The number of imidazole rings is 1. The zero-order valence-corrected chi connectivity index (χ0v) is 14.4. The van der Waals surface area contributed by atoms with Crippen LogP contribution in [0.25, 0.3) is 5.69 Å². The van der Waals surface area contributed by atoms with Crippen LogP contribution < -0.4 is 0 Å². The molecule has 0 spiro atoms. The monoisotopic (exact) mass is 458 g/mol. The maximum absolute atomic E-state index is 12.7. The third-order valence-electron chi connectivity index (χ3n) is 2.48. The van der Waals surface area contributed by atoms with E-state index in [4.69, 9.17) is 23.2 Å². The van der Waals surface area contributed by atoms with Crippen molar-refractivity contribution in [3.05, 3.63) is 38.7 Å². The van der Waals surface area contributed by atoms with Gasteiger partial charge < -0.3 is 0 Å². The van der Waals surface area contributed by atoms with Gasteiger partial charge in [-0.15, -0.1) is 0 Å². The molecule has 1 heterocycles. The molecule has 0 aliphatic heterocycles. The molecule has 0 unspecified atom stereocenters. The maximum atomic E-state index is 12.7. The molecule has 0 bridgehead atoms. The van der Waals surface area contributed by atoms with Crippen LogP contribution in [0.5, 0.6) is 0 Å². The van der Waals surface area contributed by atoms with Gasteiger partial charge >= 0.3 is 11.7 Å². The van der Waals surface area contributed by atoms with Gasteiger partial charge in [-0.3, -0.25) is 4.57 Å². The Labute approximate surface area is 147 Å². The molecule has 0 atom stereocenters. The van der Waals surface area contributed by atoms with Crippen LogP contribution >= 0.6 is 50.9 Å². The molecular weight excluding hydrogens is 457 g/mol. The number of hydrogen-bond donors (Lipinski definition) is 0. The van der Waals surface area contributed by atoms with Gasteiger partial charge in [-0.2, -0.15) is 26.3 Å². The van der Waals surface area contributed by atoms with E-state index >= 15 is 0 Å². The highest BCUT2D eigenvalue weighted by Gasteiger charge is 2.34. The number of thioether (sulfide) groups is 1. The molecule has 12 heteroatoms. The number of nitrogens with zero attached hydrogens (tertiary/aromatic N) is 2. The van der Waals surface area contributed by atoms with Crippen molar-refractivity contribution in [2.75, 3.05) is 0 Å². The fourth-order valence-electron chi connectivity index (χ4n) is 1.61. The van der Waals surface area contributed by atoms with Gasteiger partial charge in [-0.05, 0) is 28.1 Å². The largest absolute Gasteiger partial charge is 0.447 e. The van der Waals surface area contributed by atoms with Gasteiger partial charge in [0.15, 0.2) is 0 Å². The Kier molecular flexibility index (Phi) is 5.20. The quantitative estimate of drug-likeness (QED) is 0.373. The first-order valence-corrected chi connectivity index (χ1v) is 7.82. The summed E-state index contributed by atoms with van der Waals surface area (Å²) in [6.07, 6.45) is -3.69. The van der Waals surface area contributed by atoms with Crippen LogP contribution in [0, 0.1) is 0 Å². The smallest absolute Gasteiger partial charge is 0.289 e. The predicted octanol–water partition coefficient (Wildman–Crippen LogP) is 6.57. The molecule has 0 fully saturated rings. The first kappa shape index (κ1) is 18.8. The van der Waals surface area contributed by atoms with Crippen LogP contribution in [0.4, 0.5) is 26.3 Å². The molecule has 0 amide bonds. The average Bonchev–Trinajstić information content (AvgIpc) is 2.68. The molecule has 2 nitrogen and oxygen atoms in total. The molecule has 0 aliphatic carbocycles. The zero-order valence-electron chi connectivity index (χ0n) is 10.4. The van der Waals surface area contributed by atoms with Crippen molar-refractivity contribution < 1.29 is 26.3 Å². The molecule has 23 heavy (non-hydrogen) atoms. The maximum Gasteiger partial charge on any atom is 0.447 e. The first-order valence-electron chi connectivity index (χ1n) is 5.45. The first-order chi connectivity index (χ1) is 10.4. The van der Waals surface area contributed by atoms with Crippen molar-refractivity contribution in [1.82, 2.24) is 9.55 Å². The molecule has 2 aromatic rings. The number of aromatic nitrogens is 2. The molecule has 2 rings (SSSR count). The molecule has 0 radical (unpaired) electrons. The lowest BCUT2D eigenvalue weighted by atomic mass is 10.2. The number of benzene rings is 1. The Hall–Kier alpha value is -0.580. The number of hydrogen-bond acceptors (Lipinski definition) is 2. The van der Waals surface area contributed by atoms with Gasteiger partial charge in [0.05, 0.1) is 21.3 Å². The zero-order chi connectivity index (χ0) is 17.6. The van der Waals surface area contributed by atoms with E-state index in [0.717, 1.165) is 10.9 Å². The van der Waals surface area contributed by atoms with Gasteiger partial charge in [-0.1, -0.05) is 23.2 Å². The van der Waals surface area contributed by atoms with Crippen molar-refractivity contribution >= 4 is 50.9 Å². The van der Waals surface area contributed by atoms with E-state index in [9.17, 15) is 26.3 Å². The van der Waals surface area contributed by atoms with Crippen molar-refractivity contribution in [2.45, 2.75) is 16.7 Å². The second-order valence-electron chi connectivity index (χ2n) is 4.04. The Bertz CT molecular complexity index is 720. The van der Waals surface area contributed by atoms with Crippen molar-refractivity contribution in [3.8, 4) is 5.69 Å². The lowest BCUT2D eigenvalue weighted by molar-refractivity contribution is -0.137. The number of halogens is 9. The molecular formula is C11H3BrCl2F6N2S. The summed E-state index contributed by atoms with van der Waals surface area (Å²) in [4.78, 5) is 3.55. The lowest BCUT2D eigenvalue weighted by Gasteiger charge is -2.13. The summed E-state index contributed by atoms with van der Waals surface area (Å²) in [5, 5.41) is -1.19. The second kappa shape index (κ2) is 6.38. The van der Waals surface area contributed by atoms with Crippen molar-refractivity contribution in [2.24, 2.45) is 0 Å². The Morgan fingerprint density at radius 3 is 2.00 bits per heavy atom. The van der Waals surface area contributed by atoms with E-state index in [2.05, 4.69) is 20.9 Å². The molecule has 0 N–H and O–H groups in total. The highest BCUT2D eigenvalue weighted by atomic mass is 79.9. The van der Waals surface area contributed by atoms with Gasteiger partial charge in [0.2, 0.25) is 0 Å². The summed E-state index contributed by atoms with van der Waals surface area (Å²) in [7, 11) is 0. The van der Waals surface area contributed by atoms with Crippen LogP contribution in [0.1, 0.15) is 5.56 Å². The average molecular weight is 460 g/mol. The minimum absolute atomic E-state index is 0.116. The molecule has 126 valence electrons. The van der Waals surface area contributed by atoms with Crippen LogP contribution in [0.3, 0.4) is 0 Å². The van der Waals surface area contributed by atoms with Crippen LogP contribution in [0.15, 0.2) is 28.1 Å². The normalized spacial score (nSPS) is 12.7. The summed E-state index contributed by atoms with van der Waals surface area (Å²) < 4.78 is 76.1. The Balaban J connectivity index is 2.52. The fourth-order valence-corrected chi connectivity index (χ4v) is 3.40. The van der Waals surface area contributed by atoms with E-state index < -0.39 is 34.0 Å². The summed E-state index contributed by atoms with van der Waals surface area (Å²) >= 11 is 14.0. The van der Waals surface area contributed by atoms with Gasteiger partial charge in [0.1, 0.15) is 16.0 Å². The van der Waals surface area contributed by atoms with Crippen molar-refractivity contribution in [1.29, 1.82) is 0 Å². The minimum atomic E-state index is -4.66. The van der Waals surface area contributed by atoms with E-state index in [0.29, 0.717) is 12.1 Å². The van der Waals surface area contributed by atoms with Crippen molar-refractivity contribution in [3.63, 3.8) is 0 Å². The number of rotatable bonds is 2. The molecule has 1 aromatic carbocycles. The van der Waals surface area contributed by atoms with Gasteiger partial charge in [-0.25, -0.2) is 4.98 Å². The van der Waals surface area contributed by atoms with E-state index in [1.165, 1.54) is 0 Å². The summed E-state index contributed by atoms with van der Waals surface area (Å²) in [5.41, 5.74) is -5.76. The highest BCUT2D eigenvalue weighted by Crippen LogP contribution is 2.42.